The van der Waals surface area contributed by atoms with Gasteiger partial charge in [0.15, 0.2) is 6.10 Å². The van der Waals surface area contributed by atoms with Gasteiger partial charge in [-0.15, -0.1) is 0 Å². The number of pyridine rings is 1. The van der Waals surface area contributed by atoms with Gasteiger partial charge in [0, 0.05) is 12.2 Å². The van der Waals surface area contributed by atoms with Crippen molar-refractivity contribution < 1.29 is 27.5 Å². The van der Waals surface area contributed by atoms with Crippen molar-refractivity contribution in [2.75, 3.05) is 0 Å². The first-order valence-electron chi connectivity index (χ1n) is 7.05. The van der Waals surface area contributed by atoms with Crippen molar-refractivity contribution in [1.29, 1.82) is 0 Å². The molecule has 1 heterocycles. The van der Waals surface area contributed by atoms with Crippen LogP contribution in [-0.4, -0.2) is 28.6 Å². The number of ether oxygens (including phenoxy) is 1. The fraction of sp³-hybridized carbons (Fsp3) is 0.500. The van der Waals surface area contributed by atoms with Crippen LogP contribution in [-0.2, 0) is 27.0 Å². The van der Waals surface area contributed by atoms with Crippen molar-refractivity contribution >= 4 is 23.5 Å². The minimum Gasteiger partial charge on any atom is -0.451 e. The second-order valence-electron chi connectivity index (χ2n) is 5.42. The molecule has 0 bridgehead atoms. The number of nitrogens with one attached hydrogen (secondary N) is 1. The van der Waals surface area contributed by atoms with Gasteiger partial charge in [0.05, 0.1) is 5.56 Å². The average molecular weight is 367 g/mol. The van der Waals surface area contributed by atoms with Crippen LogP contribution >= 0.6 is 11.6 Å². The van der Waals surface area contributed by atoms with Crippen LogP contribution in [0.5, 0.6) is 0 Å². The Balaban J connectivity index is 2.06. The minimum atomic E-state index is -4.72. The summed E-state index contributed by atoms with van der Waals surface area (Å²) in [6.45, 7) is 0.543. The number of esters is 1. The van der Waals surface area contributed by atoms with Gasteiger partial charge in [-0.2, -0.15) is 13.2 Å². The molecule has 24 heavy (non-hydrogen) atoms. The molecule has 0 radical (unpaired) electrons. The van der Waals surface area contributed by atoms with Crippen LogP contribution in [0.1, 0.15) is 25.3 Å². The lowest BCUT2D eigenvalue weighted by molar-refractivity contribution is -0.155. The highest BCUT2D eigenvalue weighted by atomic mass is 35.5. The predicted octanol–water partition coefficient (Wildman–Crippen LogP) is 1.73. The van der Waals surface area contributed by atoms with Crippen LogP contribution in [0.4, 0.5) is 13.2 Å². The van der Waals surface area contributed by atoms with E-state index < -0.39 is 46.8 Å². The maximum atomic E-state index is 12.7. The molecule has 2 rings (SSSR count). The van der Waals surface area contributed by atoms with Gasteiger partial charge in [-0.25, -0.2) is 0 Å². The molecule has 1 aliphatic carbocycles. The molecule has 6 nitrogen and oxygen atoms in total. The Morgan fingerprint density at radius 3 is 2.62 bits per heavy atom. The molecule has 0 aromatic carbocycles. The topological polar surface area (TPSA) is 77.4 Å². The number of hydrogen-bond donors (Lipinski definition) is 1. The van der Waals surface area contributed by atoms with Crippen LogP contribution in [0, 0.1) is 0 Å². The standard InChI is InChI=1S/C14H14ClF3N2O4/c1-7(12(22)19-9-2-3-9)24-11(21)6-20-5-8(14(16,17)18)4-10(15)13(20)23/h4-5,7,9H,2-3,6H2,1H3,(H,19,22)/t7-/m0/s1. The van der Waals surface area contributed by atoms with Crippen LogP contribution in [0.3, 0.4) is 0 Å². The average Bonchev–Trinajstić information content (AvgIpc) is 3.26. The first kappa shape index (κ1) is 18.3. The highest BCUT2D eigenvalue weighted by molar-refractivity contribution is 6.30. The second kappa shape index (κ2) is 6.84. The summed E-state index contributed by atoms with van der Waals surface area (Å²) in [6, 6.07) is 0.556. The van der Waals surface area contributed by atoms with Gasteiger partial charge in [-0.1, -0.05) is 11.6 Å². The number of carbonyl (C=O) groups excluding carboxylic acids is 2. The number of nitrogens with zero attached hydrogens (tertiary/aromatic N) is 1. The normalized spacial score (nSPS) is 15.7. The number of aromatic nitrogens is 1. The Labute approximate surface area is 139 Å². The number of carbonyl (C=O) groups is 2. The molecule has 0 saturated heterocycles. The summed E-state index contributed by atoms with van der Waals surface area (Å²) in [5.41, 5.74) is -2.13. The van der Waals surface area contributed by atoms with Gasteiger partial charge >= 0.3 is 12.1 Å². The smallest absolute Gasteiger partial charge is 0.417 e. The Hall–Kier alpha value is -2.03. The van der Waals surface area contributed by atoms with Crippen molar-refractivity contribution in [2.45, 2.75) is 44.6 Å². The molecule has 1 aliphatic rings. The van der Waals surface area contributed by atoms with E-state index in [-0.39, 0.29) is 6.04 Å². The van der Waals surface area contributed by atoms with Crippen molar-refractivity contribution in [2.24, 2.45) is 0 Å². The van der Waals surface area contributed by atoms with Crippen LogP contribution in [0.2, 0.25) is 5.02 Å². The third-order valence-corrected chi connectivity index (χ3v) is 3.54. The molecule has 1 atom stereocenters. The van der Waals surface area contributed by atoms with Gasteiger partial charge in [0.1, 0.15) is 11.6 Å². The summed E-state index contributed by atoms with van der Waals surface area (Å²) in [5.74, 6) is -1.52. The molecule has 132 valence electrons. The molecule has 1 N–H and O–H groups in total. The first-order valence-corrected chi connectivity index (χ1v) is 7.42. The van der Waals surface area contributed by atoms with Gasteiger partial charge in [0.25, 0.3) is 11.5 Å². The Kier molecular flexibility index (Phi) is 5.22. The number of alkyl halides is 3. The summed E-state index contributed by atoms with van der Waals surface area (Å²) in [4.78, 5) is 35.2. The van der Waals surface area contributed by atoms with E-state index in [0.717, 1.165) is 12.8 Å². The molecule has 0 spiro atoms. The zero-order valence-electron chi connectivity index (χ0n) is 12.5. The van der Waals surface area contributed by atoms with E-state index in [9.17, 15) is 27.6 Å². The van der Waals surface area contributed by atoms with Crippen LogP contribution in [0.25, 0.3) is 0 Å². The maximum Gasteiger partial charge on any atom is 0.417 e. The first-order chi connectivity index (χ1) is 11.1. The number of rotatable bonds is 5. The van der Waals surface area contributed by atoms with Crippen LogP contribution in [0.15, 0.2) is 17.1 Å². The van der Waals surface area contributed by atoms with E-state index in [2.05, 4.69) is 5.32 Å². The third kappa shape index (κ3) is 4.73. The van der Waals surface area contributed by atoms with E-state index >= 15 is 0 Å². The third-order valence-electron chi connectivity index (χ3n) is 3.27. The highest BCUT2D eigenvalue weighted by Crippen LogP contribution is 2.29. The molecular formula is C14H14ClF3N2O4. The molecule has 1 aromatic heterocycles. The monoisotopic (exact) mass is 366 g/mol. The maximum absolute atomic E-state index is 12.7. The van der Waals surface area contributed by atoms with Crippen molar-refractivity contribution in [3.63, 3.8) is 0 Å². The summed E-state index contributed by atoms with van der Waals surface area (Å²) < 4.78 is 43.5. The van der Waals surface area contributed by atoms with Gasteiger partial charge in [0.2, 0.25) is 0 Å². The molecule has 1 aromatic rings. The lowest BCUT2D eigenvalue weighted by Crippen LogP contribution is -2.38. The van der Waals surface area contributed by atoms with E-state index in [4.69, 9.17) is 16.3 Å². The molecule has 1 amide bonds. The summed E-state index contributed by atoms with van der Waals surface area (Å²) in [5, 5.41) is 1.95. The minimum absolute atomic E-state index is 0.0727. The van der Waals surface area contributed by atoms with Crippen molar-refractivity contribution in [3.05, 3.63) is 33.2 Å². The van der Waals surface area contributed by atoms with Crippen molar-refractivity contribution in [1.82, 2.24) is 9.88 Å². The zero-order chi connectivity index (χ0) is 18.1. The molecule has 1 saturated carbocycles. The van der Waals surface area contributed by atoms with E-state index in [0.29, 0.717) is 16.8 Å². The van der Waals surface area contributed by atoms with Gasteiger partial charge in [-0.3, -0.25) is 14.4 Å². The van der Waals surface area contributed by atoms with Crippen molar-refractivity contribution in [3.8, 4) is 0 Å². The molecule has 0 unspecified atom stereocenters. The van der Waals surface area contributed by atoms with Crippen LogP contribution < -0.4 is 10.9 Å². The Morgan fingerprint density at radius 2 is 2.08 bits per heavy atom. The molecule has 10 heteroatoms. The largest absolute Gasteiger partial charge is 0.451 e. The SMILES string of the molecule is C[C@H](OC(=O)Cn1cc(C(F)(F)F)cc(Cl)c1=O)C(=O)NC1CC1. The summed E-state index contributed by atoms with van der Waals surface area (Å²) in [6.07, 6.45) is -3.66. The Bertz CT molecular complexity index is 713. The summed E-state index contributed by atoms with van der Waals surface area (Å²) >= 11 is 5.48. The molecule has 0 aliphatic heterocycles. The van der Waals surface area contributed by atoms with E-state index in [1.54, 1.807) is 0 Å². The highest BCUT2D eigenvalue weighted by Gasteiger charge is 2.32. The summed E-state index contributed by atoms with van der Waals surface area (Å²) in [7, 11) is 0. The Morgan fingerprint density at radius 1 is 1.46 bits per heavy atom. The lowest BCUT2D eigenvalue weighted by atomic mass is 10.2. The molecule has 1 fully saturated rings. The van der Waals surface area contributed by atoms with E-state index in [1.165, 1.54) is 6.92 Å². The molecular weight excluding hydrogens is 353 g/mol. The number of halogens is 4. The zero-order valence-corrected chi connectivity index (χ0v) is 13.3. The van der Waals surface area contributed by atoms with E-state index in [1.807, 2.05) is 0 Å². The fourth-order valence-electron chi connectivity index (χ4n) is 1.84. The quantitative estimate of drug-likeness (QED) is 0.805. The second-order valence-corrected chi connectivity index (χ2v) is 5.83. The lowest BCUT2D eigenvalue weighted by Gasteiger charge is -2.15. The number of hydrogen-bond acceptors (Lipinski definition) is 4. The number of amides is 1. The predicted molar refractivity (Wildman–Crippen MR) is 77.4 cm³/mol. The fourth-order valence-corrected chi connectivity index (χ4v) is 2.07. The van der Waals surface area contributed by atoms with Gasteiger partial charge < -0.3 is 14.6 Å². The van der Waals surface area contributed by atoms with Gasteiger partial charge in [-0.05, 0) is 25.8 Å².